The quantitative estimate of drug-likeness (QED) is 0.564. The standard InChI is InChI=1S/C24H21FO/c1-26-21-12-14-23-22(18-5-3-2-4-6-18)13-9-19(24(23)16-21)15-17-7-10-20(25)11-8-17/h2-8,10-14,16,19H,9,15H2,1H3. The van der Waals surface area contributed by atoms with Gasteiger partial charge in [0.05, 0.1) is 7.11 Å². The third kappa shape index (κ3) is 3.28. The van der Waals surface area contributed by atoms with E-state index in [2.05, 4.69) is 42.5 Å². The lowest BCUT2D eigenvalue weighted by molar-refractivity contribution is 0.413. The summed E-state index contributed by atoms with van der Waals surface area (Å²) in [6, 6.07) is 23.7. The molecular weight excluding hydrogens is 323 g/mol. The summed E-state index contributed by atoms with van der Waals surface area (Å²) in [4.78, 5) is 0. The summed E-state index contributed by atoms with van der Waals surface area (Å²) >= 11 is 0. The highest BCUT2D eigenvalue weighted by molar-refractivity contribution is 5.83. The van der Waals surface area contributed by atoms with E-state index in [-0.39, 0.29) is 5.82 Å². The number of halogens is 1. The van der Waals surface area contributed by atoms with Gasteiger partial charge in [-0.2, -0.15) is 0 Å². The number of hydrogen-bond donors (Lipinski definition) is 0. The van der Waals surface area contributed by atoms with Crippen molar-refractivity contribution in [3.63, 3.8) is 0 Å². The summed E-state index contributed by atoms with van der Waals surface area (Å²) in [5.74, 6) is 1.05. The van der Waals surface area contributed by atoms with Gasteiger partial charge in [0.25, 0.3) is 0 Å². The lowest BCUT2D eigenvalue weighted by Crippen LogP contribution is -2.11. The van der Waals surface area contributed by atoms with E-state index in [9.17, 15) is 4.39 Å². The maximum absolute atomic E-state index is 13.2. The van der Waals surface area contributed by atoms with Gasteiger partial charge in [0.2, 0.25) is 0 Å². The van der Waals surface area contributed by atoms with Gasteiger partial charge in [0.1, 0.15) is 11.6 Å². The van der Waals surface area contributed by atoms with Gasteiger partial charge in [-0.25, -0.2) is 4.39 Å². The predicted octanol–water partition coefficient (Wildman–Crippen LogP) is 6.00. The molecule has 4 rings (SSSR count). The maximum atomic E-state index is 13.2. The number of allylic oxidation sites excluding steroid dienone is 1. The van der Waals surface area contributed by atoms with Gasteiger partial charge < -0.3 is 4.74 Å². The van der Waals surface area contributed by atoms with E-state index in [1.54, 1.807) is 7.11 Å². The Balaban J connectivity index is 1.73. The maximum Gasteiger partial charge on any atom is 0.123 e. The summed E-state index contributed by atoms with van der Waals surface area (Å²) in [5, 5.41) is 0. The molecule has 3 aromatic carbocycles. The second-order valence-corrected chi connectivity index (χ2v) is 6.70. The van der Waals surface area contributed by atoms with Crippen molar-refractivity contribution in [2.24, 2.45) is 0 Å². The number of benzene rings is 3. The molecule has 0 N–H and O–H groups in total. The number of methoxy groups -OCH3 is 1. The molecule has 0 saturated heterocycles. The zero-order valence-corrected chi connectivity index (χ0v) is 14.8. The Bertz CT molecular complexity index is 926. The normalized spacial score (nSPS) is 15.9. The SMILES string of the molecule is COc1ccc2c(c1)C(Cc1ccc(F)cc1)CC=C2c1ccccc1. The first kappa shape index (κ1) is 16.6. The van der Waals surface area contributed by atoms with Crippen molar-refractivity contribution in [1.29, 1.82) is 0 Å². The van der Waals surface area contributed by atoms with Crippen LogP contribution in [0.3, 0.4) is 0 Å². The average molecular weight is 344 g/mol. The van der Waals surface area contributed by atoms with E-state index in [4.69, 9.17) is 4.74 Å². The molecule has 0 radical (unpaired) electrons. The minimum atomic E-state index is -0.189. The molecule has 130 valence electrons. The summed E-state index contributed by atoms with van der Waals surface area (Å²) in [6.07, 6.45) is 4.18. The van der Waals surface area contributed by atoms with Crippen LogP contribution in [0.1, 0.15) is 34.6 Å². The number of hydrogen-bond acceptors (Lipinski definition) is 1. The molecule has 0 bridgehead atoms. The van der Waals surface area contributed by atoms with Crippen molar-refractivity contribution in [2.75, 3.05) is 7.11 Å². The Morgan fingerprint density at radius 1 is 0.962 bits per heavy atom. The topological polar surface area (TPSA) is 9.23 Å². The number of fused-ring (bicyclic) bond motifs is 1. The van der Waals surface area contributed by atoms with Crippen LogP contribution >= 0.6 is 0 Å². The Kier molecular flexibility index (Phi) is 4.57. The van der Waals surface area contributed by atoms with E-state index < -0.39 is 0 Å². The highest BCUT2D eigenvalue weighted by atomic mass is 19.1. The number of ether oxygens (including phenoxy) is 1. The summed E-state index contributed by atoms with van der Waals surface area (Å²) in [7, 11) is 1.70. The molecule has 1 nitrogen and oxygen atoms in total. The molecule has 1 atom stereocenters. The number of rotatable bonds is 4. The van der Waals surface area contributed by atoms with Crippen LogP contribution in [0.15, 0.2) is 78.9 Å². The Hall–Kier alpha value is -2.87. The molecule has 2 heteroatoms. The van der Waals surface area contributed by atoms with E-state index in [0.29, 0.717) is 5.92 Å². The highest BCUT2D eigenvalue weighted by Gasteiger charge is 2.23. The largest absolute Gasteiger partial charge is 0.497 e. The van der Waals surface area contributed by atoms with Gasteiger partial charge in [-0.3, -0.25) is 0 Å². The first-order chi connectivity index (χ1) is 12.7. The summed E-state index contributed by atoms with van der Waals surface area (Å²) < 4.78 is 18.7. The van der Waals surface area contributed by atoms with Gasteiger partial charge in [-0.1, -0.05) is 54.6 Å². The zero-order chi connectivity index (χ0) is 17.9. The van der Waals surface area contributed by atoms with Gasteiger partial charge in [0, 0.05) is 0 Å². The molecule has 0 fully saturated rings. The fraction of sp³-hybridized carbons (Fsp3) is 0.167. The van der Waals surface area contributed by atoms with Crippen LogP contribution in [0.5, 0.6) is 5.75 Å². The zero-order valence-electron chi connectivity index (χ0n) is 14.8. The first-order valence-electron chi connectivity index (χ1n) is 8.93. The molecule has 0 aliphatic heterocycles. The van der Waals surface area contributed by atoms with Crippen molar-refractivity contribution < 1.29 is 9.13 Å². The molecule has 0 aromatic heterocycles. The summed E-state index contributed by atoms with van der Waals surface area (Å²) in [6.45, 7) is 0. The summed E-state index contributed by atoms with van der Waals surface area (Å²) in [5.41, 5.74) is 6.23. The minimum absolute atomic E-state index is 0.189. The van der Waals surface area contributed by atoms with Crippen molar-refractivity contribution in [2.45, 2.75) is 18.8 Å². The van der Waals surface area contributed by atoms with Gasteiger partial charge in [0.15, 0.2) is 0 Å². The second-order valence-electron chi connectivity index (χ2n) is 6.70. The Labute approximate surface area is 153 Å². The van der Waals surface area contributed by atoms with E-state index in [1.807, 2.05) is 24.3 Å². The van der Waals surface area contributed by atoms with Gasteiger partial charge in [-0.15, -0.1) is 0 Å². The van der Waals surface area contributed by atoms with Gasteiger partial charge in [-0.05, 0) is 70.9 Å². The Morgan fingerprint density at radius 2 is 1.73 bits per heavy atom. The third-order valence-corrected chi connectivity index (χ3v) is 5.08. The molecule has 0 spiro atoms. The molecule has 0 heterocycles. The smallest absolute Gasteiger partial charge is 0.123 e. The van der Waals surface area contributed by atoms with Crippen molar-refractivity contribution in [3.05, 3.63) is 107 Å². The molecule has 0 saturated carbocycles. The van der Waals surface area contributed by atoms with Crippen LogP contribution in [0.2, 0.25) is 0 Å². The molecule has 1 aliphatic rings. The highest BCUT2D eigenvalue weighted by Crippen LogP contribution is 2.40. The van der Waals surface area contributed by atoms with E-state index in [1.165, 1.54) is 34.4 Å². The van der Waals surface area contributed by atoms with Crippen LogP contribution in [-0.2, 0) is 6.42 Å². The van der Waals surface area contributed by atoms with Crippen LogP contribution in [0, 0.1) is 5.82 Å². The van der Waals surface area contributed by atoms with Gasteiger partial charge >= 0.3 is 0 Å². The molecule has 3 aromatic rings. The van der Waals surface area contributed by atoms with E-state index in [0.717, 1.165) is 24.2 Å². The van der Waals surface area contributed by atoms with Crippen LogP contribution in [-0.4, -0.2) is 7.11 Å². The third-order valence-electron chi connectivity index (χ3n) is 5.08. The monoisotopic (exact) mass is 344 g/mol. The molecular formula is C24H21FO. The average Bonchev–Trinajstić information content (AvgIpc) is 2.70. The van der Waals surface area contributed by atoms with Crippen molar-refractivity contribution in [1.82, 2.24) is 0 Å². The predicted molar refractivity (Wildman–Crippen MR) is 104 cm³/mol. The van der Waals surface area contributed by atoms with E-state index >= 15 is 0 Å². The first-order valence-corrected chi connectivity index (χ1v) is 8.93. The second kappa shape index (κ2) is 7.17. The lowest BCUT2D eigenvalue weighted by Gasteiger charge is -2.27. The molecule has 1 aliphatic carbocycles. The van der Waals surface area contributed by atoms with Crippen LogP contribution in [0.4, 0.5) is 4.39 Å². The minimum Gasteiger partial charge on any atom is -0.497 e. The van der Waals surface area contributed by atoms with Crippen LogP contribution < -0.4 is 4.74 Å². The molecule has 0 amide bonds. The van der Waals surface area contributed by atoms with Crippen molar-refractivity contribution >= 4 is 5.57 Å². The molecule has 1 unspecified atom stereocenters. The fourth-order valence-electron chi connectivity index (χ4n) is 3.74. The molecule has 26 heavy (non-hydrogen) atoms. The fourth-order valence-corrected chi connectivity index (χ4v) is 3.74. The Morgan fingerprint density at radius 3 is 2.46 bits per heavy atom. The van der Waals surface area contributed by atoms with Crippen molar-refractivity contribution in [3.8, 4) is 5.75 Å². The lowest BCUT2D eigenvalue weighted by atomic mass is 9.78. The van der Waals surface area contributed by atoms with Crippen LogP contribution in [0.25, 0.3) is 5.57 Å².